The number of hydrogen-bond acceptors (Lipinski definition) is 1. The molecular formula is C14H14O. The van der Waals surface area contributed by atoms with E-state index in [2.05, 4.69) is 24.3 Å². The third kappa shape index (κ3) is 1.43. The van der Waals surface area contributed by atoms with Gasteiger partial charge in [-0.15, -0.1) is 0 Å². The molecule has 1 aromatic rings. The largest absolute Gasteiger partial charge is 0.295 e. The summed E-state index contributed by atoms with van der Waals surface area (Å²) in [6.07, 6.45) is 5.81. The van der Waals surface area contributed by atoms with Crippen molar-refractivity contribution in [3.63, 3.8) is 0 Å². The molecule has 76 valence electrons. The molecule has 1 nitrogen and oxygen atoms in total. The van der Waals surface area contributed by atoms with Gasteiger partial charge in [0.25, 0.3) is 0 Å². The Morgan fingerprint density at radius 1 is 1.07 bits per heavy atom. The van der Waals surface area contributed by atoms with Gasteiger partial charge in [0.15, 0.2) is 5.78 Å². The molecule has 0 amide bonds. The van der Waals surface area contributed by atoms with E-state index in [9.17, 15) is 4.79 Å². The Balaban J connectivity index is 2.08. The van der Waals surface area contributed by atoms with Crippen molar-refractivity contribution in [1.82, 2.24) is 0 Å². The first kappa shape index (κ1) is 8.90. The Morgan fingerprint density at radius 3 is 2.87 bits per heavy atom. The Bertz CT molecular complexity index is 442. The molecule has 2 aliphatic carbocycles. The third-order valence-corrected chi connectivity index (χ3v) is 3.59. The van der Waals surface area contributed by atoms with Crippen LogP contribution in [-0.4, -0.2) is 5.78 Å². The summed E-state index contributed by atoms with van der Waals surface area (Å²) in [4.78, 5) is 11.4. The molecule has 2 aliphatic rings. The molecule has 0 saturated heterocycles. The maximum absolute atomic E-state index is 11.4. The molecule has 15 heavy (non-hydrogen) atoms. The highest BCUT2D eigenvalue weighted by molar-refractivity contribution is 5.91. The van der Waals surface area contributed by atoms with E-state index < -0.39 is 0 Å². The number of rotatable bonds is 0. The summed E-state index contributed by atoms with van der Waals surface area (Å²) >= 11 is 0. The van der Waals surface area contributed by atoms with Crippen LogP contribution in [0.3, 0.4) is 0 Å². The van der Waals surface area contributed by atoms with Crippen LogP contribution in [0.4, 0.5) is 0 Å². The van der Waals surface area contributed by atoms with Crippen molar-refractivity contribution in [3.05, 3.63) is 47.0 Å². The van der Waals surface area contributed by atoms with Crippen molar-refractivity contribution in [2.45, 2.75) is 31.6 Å². The van der Waals surface area contributed by atoms with E-state index in [4.69, 9.17) is 0 Å². The lowest BCUT2D eigenvalue weighted by Crippen LogP contribution is -2.18. The average molecular weight is 198 g/mol. The zero-order chi connectivity index (χ0) is 10.3. The first-order valence-corrected chi connectivity index (χ1v) is 5.66. The number of fused-ring (bicyclic) bond motifs is 3. The summed E-state index contributed by atoms with van der Waals surface area (Å²) in [7, 11) is 0. The number of carbonyl (C=O) groups excluding carboxylic acids is 1. The highest BCUT2D eigenvalue weighted by Gasteiger charge is 2.27. The van der Waals surface area contributed by atoms with Crippen molar-refractivity contribution in [2.24, 2.45) is 0 Å². The summed E-state index contributed by atoms with van der Waals surface area (Å²) in [5.41, 5.74) is 4.31. The molecule has 0 spiro atoms. The van der Waals surface area contributed by atoms with Gasteiger partial charge >= 0.3 is 0 Å². The Hall–Kier alpha value is -1.37. The van der Waals surface area contributed by atoms with Gasteiger partial charge in [-0.25, -0.2) is 0 Å². The summed E-state index contributed by atoms with van der Waals surface area (Å²) in [5.74, 6) is 0.855. The summed E-state index contributed by atoms with van der Waals surface area (Å²) in [5, 5.41) is 0. The summed E-state index contributed by atoms with van der Waals surface area (Å²) in [6.45, 7) is 0. The topological polar surface area (TPSA) is 17.1 Å². The number of aryl methyl sites for hydroxylation is 1. The predicted octanol–water partition coefficient (Wildman–Crippen LogP) is 3.01. The second kappa shape index (κ2) is 3.34. The first-order valence-electron chi connectivity index (χ1n) is 5.66. The molecule has 0 saturated carbocycles. The van der Waals surface area contributed by atoms with Crippen LogP contribution in [-0.2, 0) is 11.2 Å². The summed E-state index contributed by atoms with van der Waals surface area (Å²) in [6, 6.07) is 8.67. The lowest BCUT2D eigenvalue weighted by Gasteiger charge is -2.30. The van der Waals surface area contributed by atoms with Crippen LogP contribution in [0.2, 0.25) is 0 Å². The fourth-order valence-corrected chi connectivity index (χ4v) is 2.83. The number of carbonyl (C=O) groups is 1. The van der Waals surface area contributed by atoms with E-state index in [1.54, 1.807) is 0 Å². The smallest absolute Gasteiger partial charge is 0.155 e. The zero-order valence-electron chi connectivity index (χ0n) is 8.70. The van der Waals surface area contributed by atoms with Crippen LogP contribution in [0.5, 0.6) is 0 Å². The molecule has 1 aromatic carbocycles. The second-order valence-electron chi connectivity index (χ2n) is 4.48. The van der Waals surface area contributed by atoms with Gasteiger partial charge in [-0.05, 0) is 36.5 Å². The average Bonchev–Trinajstić information content (AvgIpc) is 2.28. The molecule has 0 N–H and O–H groups in total. The van der Waals surface area contributed by atoms with Gasteiger partial charge in [0, 0.05) is 12.3 Å². The van der Waals surface area contributed by atoms with Gasteiger partial charge in [-0.1, -0.05) is 29.8 Å². The van der Waals surface area contributed by atoms with Gasteiger partial charge < -0.3 is 0 Å². The number of allylic oxidation sites excluding steroid dienone is 2. The maximum Gasteiger partial charge on any atom is 0.155 e. The van der Waals surface area contributed by atoms with Crippen molar-refractivity contribution in [2.75, 3.05) is 0 Å². The molecule has 0 aromatic heterocycles. The molecule has 0 fully saturated rings. The molecule has 1 atom stereocenters. The third-order valence-electron chi connectivity index (χ3n) is 3.59. The number of hydrogen-bond donors (Lipinski definition) is 0. The molecule has 3 rings (SSSR count). The molecule has 0 aliphatic heterocycles. The summed E-state index contributed by atoms with van der Waals surface area (Å²) < 4.78 is 0. The molecule has 0 radical (unpaired) electrons. The van der Waals surface area contributed by atoms with Crippen molar-refractivity contribution < 1.29 is 4.79 Å². The van der Waals surface area contributed by atoms with Crippen LogP contribution in [0.15, 0.2) is 35.9 Å². The molecule has 1 heteroatoms. The highest BCUT2D eigenvalue weighted by Crippen LogP contribution is 2.40. The zero-order valence-corrected chi connectivity index (χ0v) is 8.70. The fourth-order valence-electron chi connectivity index (χ4n) is 2.83. The van der Waals surface area contributed by atoms with Gasteiger partial charge in [-0.3, -0.25) is 4.79 Å². The highest BCUT2D eigenvalue weighted by atomic mass is 16.1. The van der Waals surface area contributed by atoms with Gasteiger partial charge in [0.05, 0.1) is 0 Å². The van der Waals surface area contributed by atoms with Gasteiger partial charge in [-0.2, -0.15) is 0 Å². The quantitative estimate of drug-likeness (QED) is 0.626. The van der Waals surface area contributed by atoms with E-state index in [1.165, 1.54) is 16.7 Å². The second-order valence-corrected chi connectivity index (χ2v) is 4.48. The SMILES string of the molecule is O=C1C=C2CCc3ccccc3C2CC1. The fraction of sp³-hybridized carbons (Fsp3) is 0.357. The monoisotopic (exact) mass is 198 g/mol. The minimum Gasteiger partial charge on any atom is -0.295 e. The van der Waals surface area contributed by atoms with Crippen LogP contribution < -0.4 is 0 Å². The van der Waals surface area contributed by atoms with E-state index >= 15 is 0 Å². The molecule has 0 bridgehead atoms. The van der Waals surface area contributed by atoms with E-state index in [0.717, 1.165) is 25.7 Å². The number of ketones is 1. The maximum atomic E-state index is 11.4. The van der Waals surface area contributed by atoms with Crippen LogP contribution in [0.25, 0.3) is 0 Å². The van der Waals surface area contributed by atoms with E-state index in [0.29, 0.717) is 11.7 Å². The standard InChI is InChI=1S/C14H14O/c15-12-7-8-14-11(9-12)6-5-10-3-1-2-4-13(10)14/h1-4,9,14H,5-8H2. The Labute approximate surface area is 89.8 Å². The van der Waals surface area contributed by atoms with Crippen LogP contribution >= 0.6 is 0 Å². The van der Waals surface area contributed by atoms with Crippen molar-refractivity contribution >= 4 is 5.78 Å². The minimum atomic E-state index is 0.320. The van der Waals surface area contributed by atoms with Crippen LogP contribution in [0.1, 0.15) is 36.3 Å². The van der Waals surface area contributed by atoms with Crippen molar-refractivity contribution in [1.29, 1.82) is 0 Å². The van der Waals surface area contributed by atoms with Crippen LogP contribution in [0, 0.1) is 0 Å². The van der Waals surface area contributed by atoms with E-state index in [1.807, 2.05) is 6.08 Å². The van der Waals surface area contributed by atoms with Gasteiger partial charge in [0.1, 0.15) is 0 Å². The number of benzene rings is 1. The predicted molar refractivity (Wildman–Crippen MR) is 59.8 cm³/mol. The lowest BCUT2D eigenvalue weighted by molar-refractivity contribution is -0.115. The molecular weight excluding hydrogens is 184 g/mol. The van der Waals surface area contributed by atoms with Gasteiger partial charge in [0.2, 0.25) is 0 Å². The lowest BCUT2D eigenvalue weighted by atomic mass is 9.74. The minimum absolute atomic E-state index is 0.320. The molecule has 0 heterocycles. The Kier molecular flexibility index (Phi) is 1.98. The Morgan fingerprint density at radius 2 is 1.93 bits per heavy atom. The molecule has 1 unspecified atom stereocenters. The normalized spacial score (nSPS) is 24.1. The van der Waals surface area contributed by atoms with E-state index in [-0.39, 0.29) is 0 Å². The van der Waals surface area contributed by atoms with Crippen molar-refractivity contribution in [3.8, 4) is 0 Å². The first-order chi connectivity index (χ1) is 7.34.